The molecule has 1 saturated heterocycles. The molecular weight excluding hydrogens is 528 g/mol. The summed E-state index contributed by atoms with van der Waals surface area (Å²) in [6.07, 6.45) is 4.35. The average Bonchev–Trinajstić information content (AvgIpc) is 3.76. The summed E-state index contributed by atoms with van der Waals surface area (Å²) in [6.45, 7) is 7.06. The van der Waals surface area contributed by atoms with Crippen molar-refractivity contribution >= 4 is 17.7 Å². The average molecular weight is 577 g/mol. The molecule has 228 valence electrons. The van der Waals surface area contributed by atoms with E-state index in [4.69, 9.17) is 0 Å². The summed E-state index contributed by atoms with van der Waals surface area (Å²) in [4.78, 5) is 42.1. The number of hydrogen-bond donors (Lipinski definition) is 4. The number of rotatable bonds is 16. The van der Waals surface area contributed by atoms with Crippen molar-refractivity contribution in [3.63, 3.8) is 0 Å². The summed E-state index contributed by atoms with van der Waals surface area (Å²) in [5, 5.41) is 20.7. The molecule has 4 N–H and O–H groups in total. The third-order valence-electron chi connectivity index (χ3n) is 9.04. The van der Waals surface area contributed by atoms with Crippen LogP contribution in [-0.4, -0.2) is 71.1 Å². The van der Waals surface area contributed by atoms with Crippen molar-refractivity contribution < 1.29 is 19.5 Å². The minimum atomic E-state index is -1.03. The van der Waals surface area contributed by atoms with E-state index in [2.05, 4.69) is 16.0 Å². The molecule has 5 atom stereocenters. The largest absolute Gasteiger partial charge is 0.390 e. The van der Waals surface area contributed by atoms with Crippen molar-refractivity contribution in [2.24, 2.45) is 11.8 Å². The summed E-state index contributed by atoms with van der Waals surface area (Å²) >= 11 is 0. The number of amides is 3. The molecule has 8 heteroatoms. The van der Waals surface area contributed by atoms with Crippen molar-refractivity contribution in [1.82, 2.24) is 20.9 Å². The fourth-order valence-electron chi connectivity index (χ4n) is 6.12. The van der Waals surface area contributed by atoms with E-state index in [0.717, 1.165) is 24.1 Å². The summed E-state index contributed by atoms with van der Waals surface area (Å²) in [6, 6.07) is 18.5. The van der Waals surface area contributed by atoms with Crippen molar-refractivity contribution in [1.29, 1.82) is 0 Å². The predicted octanol–water partition coefficient (Wildman–Crippen LogP) is 3.23. The normalized spacial score (nSPS) is 21.4. The number of aryl methyl sites for hydroxylation is 1. The van der Waals surface area contributed by atoms with Crippen molar-refractivity contribution in [3.8, 4) is 0 Å². The number of benzene rings is 2. The van der Waals surface area contributed by atoms with Crippen molar-refractivity contribution in [2.75, 3.05) is 19.6 Å². The van der Waals surface area contributed by atoms with Crippen LogP contribution in [0.15, 0.2) is 60.7 Å². The molecule has 0 spiro atoms. The first-order valence-corrected chi connectivity index (χ1v) is 15.6. The van der Waals surface area contributed by atoms with E-state index in [1.54, 1.807) is 4.90 Å². The molecule has 3 amide bonds. The number of nitrogens with one attached hydrogen (secondary N) is 3. The first kappa shape index (κ1) is 31.7. The summed E-state index contributed by atoms with van der Waals surface area (Å²) in [5.41, 5.74) is 1.08. The Morgan fingerprint density at radius 3 is 2.29 bits per heavy atom. The topological polar surface area (TPSA) is 111 Å². The van der Waals surface area contributed by atoms with Crippen LogP contribution in [0.3, 0.4) is 0 Å². The molecule has 4 rings (SSSR count). The zero-order chi connectivity index (χ0) is 30.1. The summed E-state index contributed by atoms with van der Waals surface area (Å²) < 4.78 is 0. The van der Waals surface area contributed by atoms with E-state index in [1.165, 1.54) is 19.8 Å². The van der Waals surface area contributed by atoms with Crippen LogP contribution in [0, 0.1) is 11.8 Å². The van der Waals surface area contributed by atoms with E-state index in [-0.39, 0.29) is 23.6 Å². The standard InChI is InChI=1S/C34H48N4O4/c1-4-24(2)34(37-25(3)39)19-20-38(33(34)42)30(18-17-26-11-7-5-8-12-26)32(41)36-29(21-27-13-9-6-10-14-27)31(40)23-35-22-28-15-16-28/h5-14,24,28-31,35,40H,4,15-23H2,1-3H3,(H,36,41)(H,37,39)/t24-,29-,30-,31-,34-/m0/s1. The number of aliphatic hydroxyl groups excluding tert-OH is 1. The second-order valence-electron chi connectivity index (χ2n) is 12.2. The molecule has 2 fully saturated rings. The minimum absolute atomic E-state index is 0.0815. The summed E-state index contributed by atoms with van der Waals surface area (Å²) in [5.74, 6) is -0.129. The van der Waals surface area contributed by atoms with Crippen molar-refractivity contribution in [2.45, 2.75) is 89.4 Å². The zero-order valence-corrected chi connectivity index (χ0v) is 25.4. The van der Waals surface area contributed by atoms with Gasteiger partial charge in [0.2, 0.25) is 17.7 Å². The molecule has 0 bridgehead atoms. The highest BCUT2D eigenvalue weighted by Crippen LogP contribution is 2.34. The quantitative estimate of drug-likeness (QED) is 0.245. The Hall–Kier alpha value is -3.23. The highest BCUT2D eigenvalue weighted by molar-refractivity contribution is 5.96. The number of hydrogen-bond acceptors (Lipinski definition) is 5. The van der Waals surface area contributed by atoms with Crippen LogP contribution in [0.1, 0.15) is 64.0 Å². The lowest BCUT2D eigenvalue weighted by Gasteiger charge is -2.36. The molecule has 2 aromatic rings. The Morgan fingerprint density at radius 1 is 1.05 bits per heavy atom. The number of nitrogens with zero attached hydrogens (tertiary/aromatic N) is 1. The van der Waals surface area contributed by atoms with E-state index in [1.807, 2.05) is 74.5 Å². The SMILES string of the molecule is CC[C@H](C)[C@@]1(NC(C)=O)CCN([C@@H](CCc2ccccc2)C(=O)N[C@@H](Cc2ccccc2)[C@@H](O)CNCC2CC2)C1=O. The van der Waals surface area contributed by atoms with Gasteiger partial charge < -0.3 is 26.0 Å². The summed E-state index contributed by atoms with van der Waals surface area (Å²) in [7, 11) is 0. The van der Waals surface area contributed by atoms with Gasteiger partial charge in [0, 0.05) is 20.0 Å². The monoisotopic (exact) mass is 576 g/mol. The second kappa shape index (κ2) is 14.8. The molecule has 42 heavy (non-hydrogen) atoms. The van der Waals surface area contributed by atoms with Gasteiger partial charge in [-0.2, -0.15) is 0 Å². The number of carbonyl (C=O) groups excluding carboxylic acids is 3. The Balaban J connectivity index is 1.56. The van der Waals surface area contributed by atoms with E-state index in [9.17, 15) is 19.5 Å². The van der Waals surface area contributed by atoms with Gasteiger partial charge in [0.05, 0.1) is 12.1 Å². The van der Waals surface area contributed by atoms with Crippen LogP contribution in [0.5, 0.6) is 0 Å². The fourth-order valence-corrected chi connectivity index (χ4v) is 6.12. The maximum absolute atomic E-state index is 14.1. The van der Waals surface area contributed by atoms with Crippen LogP contribution in [-0.2, 0) is 27.2 Å². The number of carbonyl (C=O) groups is 3. The molecular formula is C34H48N4O4. The van der Waals surface area contributed by atoms with Crippen LogP contribution in [0.4, 0.5) is 0 Å². The molecule has 0 radical (unpaired) electrons. The highest BCUT2D eigenvalue weighted by atomic mass is 16.3. The fraction of sp³-hybridized carbons (Fsp3) is 0.559. The first-order valence-electron chi connectivity index (χ1n) is 15.6. The third-order valence-corrected chi connectivity index (χ3v) is 9.04. The predicted molar refractivity (Wildman–Crippen MR) is 165 cm³/mol. The lowest BCUT2D eigenvalue weighted by atomic mass is 9.81. The first-order chi connectivity index (χ1) is 20.2. The molecule has 1 heterocycles. The highest BCUT2D eigenvalue weighted by Gasteiger charge is 2.53. The molecule has 1 aliphatic heterocycles. The lowest BCUT2D eigenvalue weighted by Crippen LogP contribution is -2.60. The maximum atomic E-state index is 14.1. The van der Waals surface area contributed by atoms with Crippen LogP contribution >= 0.6 is 0 Å². The second-order valence-corrected chi connectivity index (χ2v) is 12.2. The minimum Gasteiger partial charge on any atom is -0.390 e. The molecule has 2 aromatic carbocycles. The van der Waals surface area contributed by atoms with E-state index < -0.39 is 23.7 Å². The van der Waals surface area contributed by atoms with Crippen LogP contribution in [0.25, 0.3) is 0 Å². The van der Waals surface area contributed by atoms with Gasteiger partial charge in [-0.1, -0.05) is 80.9 Å². The lowest BCUT2D eigenvalue weighted by molar-refractivity contribution is -0.144. The Bertz CT molecular complexity index is 1170. The van der Waals surface area contributed by atoms with E-state index >= 15 is 0 Å². The van der Waals surface area contributed by atoms with Gasteiger partial charge in [-0.3, -0.25) is 14.4 Å². The Kier molecular flexibility index (Phi) is 11.2. The molecule has 8 nitrogen and oxygen atoms in total. The van der Waals surface area contributed by atoms with Crippen LogP contribution < -0.4 is 16.0 Å². The van der Waals surface area contributed by atoms with Gasteiger partial charge in [0.1, 0.15) is 11.6 Å². The van der Waals surface area contributed by atoms with Gasteiger partial charge in [-0.05, 0) is 68.0 Å². The van der Waals surface area contributed by atoms with Crippen LogP contribution in [0.2, 0.25) is 0 Å². The molecule has 0 unspecified atom stereocenters. The zero-order valence-electron chi connectivity index (χ0n) is 25.4. The Morgan fingerprint density at radius 2 is 1.69 bits per heavy atom. The van der Waals surface area contributed by atoms with Gasteiger partial charge in [-0.25, -0.2) is 0 Å². The smallest absolute Gasteiger partial charge is 0.249 e. The number of likely N-dealkylation sites (tertiary alicyclic amines) is 1. The van der Waals surface area contributed by atoms with Gasteiger partial charge in [0.15, 0.2) is 0 Å². The van der Waals surface area contributed by atoms with Gasteiger partial charge >= 0.3 is 0 Å². The Labute approximate surface area is 250 Å². The maximum Gasteiger partial charge on any atom is 0.249 e. The van der Waals surface area contributed by atoms with Crippen molar-refractivity contribution in [3.05, 3.63) is 71.8 Å². The molecule has 2 aliphatic rings. The van der Waals surface area contributed by atoms with Gasteiger partial charge in [0.25, 0.3) is 0 Å². The van der Waals surface area contributed by atoms with Gasteiger partial charge in [-0.15, -0.1) is 0 Å². The molecule has 1 saturated carbocycles. The molecule has 0 aromatic heterocycles. The molecule has 1 aliphatic carbocycles. The number of aliphatic hydroxyl groups is 1. The van der Waals surface area contributed by atoms with E-state index in [0.29, 0.717) is 44.7 Å². The third kappa shape index (κ3) is 8.19.